The van der Waals surface area contributed by atoms with Crippen molar-refractivity contribution < 1.29 is 79.4 Å². The van der Waals surface area contributed by atoms with E-state index in [1.807, 2.05) is 0 Å². The zero-order valence-electron chi connectivity index (χ0n) is 14.7. The van der Waals surface area contributed by atoms with Crippen LogP contribution < -0.4 is 0 Å². The maximum atomic E-state index is 14.3. The zero-order chi connectivity index (χ0) is 25.7. The van der Waals surface area contributed by atoms with E-state index >= 15 is 0 Å². The molecule has 1 heterocycles. The van der Waals surface area contributed by atoms with Gasteiger partial charge in [0, 0.05) is 0 Å². The van der Waals surface area contributed by atoms with Crippen molar-refractivity contribution in [2.45, 2.75) is 80.5 Å². The van der Waals surface area contributed by atoms with Gasteiger partial charge in [-0.3, -0.25) is 0 Å². The molecule has 1 rings (SSSR count). The molecule has 0 amide bonds. The first-order chi connectivity index (χ1) is 13.9. The van der Waals surface area contributed by atoms with Crippen LogP contribution in [0.4, 0.5) is 74.6 Å². The largest absolute Gasteiger partial charge is 0.467 e. The van der Waals surface area contributed by atoms with Gasteiger partial charge < -0.3 is 4.74 Å². The van der Waals surface area contributed by atoms with Gasteiger partial charge in [-0.1, -0.05) is 0 Å². The molecule has 0 aromatic carbocycles. The third-order valence-electron chi connectivity index (χ3n) is 4.22. The predicted molar refractivity (Wildman–Crippen MR) is 67.1 cm³/mol. The molecule has 0 spiro atoms. The molecule has 32 heavy (non-hydrogen) atoms. The highest BCUT2D eigenvalue weighted by molar-refractivity contribution is 5.01. The molecular formula is C13H10F17NO. The molecule has 0 N–H and O–H groups in total. The van der Waals surface area contributed by atoms with Crippen molar-refractivity contribution >= 4 is 0 Å². The van der Waals surface area contributed by atoms with Crippen LogP contribution in [-0.2, 0) is 4.74 Å². The fraction of sp³-hybridized carbons (Fsp3) is 1.00. The molecule has 2 nitrogen and oxygen atoms in total. The molecule has 0 aromatic rings. The Morgan fingerprint density at radius 3 is 1.28 bits per heavy atom. The number of alkyl halides is 17. The molecule has 0 bridgehead atoms. The summed E-state index contributed by atoms with van der Waals surface area (Å²) in [5.41, 5.74) is 0. The smallest absolute Gasteiger partial charge is 0.362 e. The highest BCUT2D eigenvalue weighted by Gasteiger charge is 2.74. The summed E-state index contributed by atoms with van der Waals surface area (Å²) in [4.78, 5) is -3.53. The Morgan fingerprint density at radius 1 is 0.594 bits per heavy atom. The summed E-state index contributed by atoms with van der Waals surface area (Å²) in [6.07, 6.45) is -44.0. The van der Waals surface area contributed by atoms with Gasteiger partial charge in [-0.15, -0.1) is 4.90 Å². The van der Waals surface area contributed by atoms with E-state index in [4.69, 9.17) is 0 Å². The van der Waals surface area contributed by atoms with E-state index < -0.39 is 85.4 Å². The van der Waals surface area contributed by atoms with Crippen molar-refractivity contribution in [3.05, 3.63) is 0 Å². The lowest BCUT2D eigenvalue weighted by Gasteiger charge is -2.44. The molecule has 19 heteroatoms. The van der Waals surface area contributed by atoms with E-state index in [0.29, 0.717) is 0 Å². The van der Waals surface area contributed by atoms with Gasteiger partial charge in [-0.25, -0.2) is 22.0 Å². The summed E-state index contributed by atoms with van der Waals surface area (Å²) in [5, 5.41) is 0. The van der Waals surface area contributed by atoms with Crippen molar-refractivity contribution in [3.63, 3.8) is 0 Å². The van der Waals surface area contributed by atoms with Crippen LogP contribution in [0.25, 0.3) is 0 Å². The minimum atomic E-state index is -7.11. The third kappa shape index (κ3) is 5.99. The Hall–Kier alpha value is -1.27. The van der Waals surface area contributed by atoms with Crippen LogP contribution in [0.15, 0.2) is 0 Å². The first kappa shape index (κ1) is 28.8. The molecule has 192 valence electrons. The standard InChI is InChI=1S/C13H10F17NO/c14-6(10(19,20)21)8(15,16)4-2-1-3-5(32-4)9(17,18)7(11(22,23)24)31(12(25,26)27)13(28,29)30/h4-7H,1-3H2. The van der Waals surface area contributed by atoms with Gasteiger partial charge in [-0.05, 0) is 19.3 Å². The maximum Gasteiger partial charge on any atom is 0.467 e. The number of hydrogen-bond donors (Lipinski definition) is 0. The van der Waals surface area contributed by atoms with Crippen LogP contribution in [0, 0.1) is 0 Å². The fourth-order valence-electron chi connectivity index (χ4n) is 2.92. The van der Waals surface area contributed by atoms with Gasteiger partial charge in [0.1, 0.15) is 12.2 Å². The lowest BCUT2D eigenvalue weighted by atomic mass is 9.91. The second-order valence-corrected chi connectivity index (χ2v) is 6.55. The topological polar surface area (TPSA) is 12.5 Å². The first-order valence-electron chi connectivity index (χ1n) is 7.97. The summed E-state index contributed by atoms with van der Waals surface area (Å²) in [7, 11) is 0. The molecule has 0 aliphatic carbocycles. The summed E-state index contributed by atoms with van der Waals surface area (Å²) in [6, 6.07) is -5.75. The van der Waals surface area contributed by atoms with Gasteiger partial charge in [0.05, 0.1) is 0 Å². The van der Waals surface area contributed by atoms with E-state index in [0.717, 1.165) is 0 Å². The third-order valence-corrected chi connectivity index (χ3v) is 4.22. The first-order valence-corrected chi connectivity index (χ1v) is 7.97. The molecule has 1 aliphatic heterocycles. The Bertz CT molecular complexity index is 618. The molecule has 1 saturated heterocycles. The van der Waals surface area contributed by atoms with Gasteiger partial charge in [0.15, 0.2) is 6.04 Å². The van der Waals surface area contributed by atoms with E-state index in [1.54, 1.807) is 0 Å². The van der Waals surface area contributed by atoms with E-state index in [9.17, 15) is 74.6 Å². The highest BCUT2D eigenvalue weighted by Crippen LogP contribution is 2.50. The summed E-state index contributed by atoms with van der Waals surface area (Å²) in [6.45, 7) is 0. The molecule has 0 radical (unpaired) electrons. The van der Waals surface area contributed by atoms with Crippen LogP contribution in [-0.4, -0.2) is 66.1 Å². The molecular weight excluding hydrogens is 509 g/mol. The average molecular weight is 519 g/mol. The number of halogens is 17. The van der Waals surface area contributed by atoms with E-state index in [2.05, 4.69) is 4.74 Å². The van der Waals surface area contributed by atoms with Crippen molar-refractivity contribution in [1.29, 1.82) is 0 Å². The number of hydrogen-bond acceptors (Lipinski definition) is 2. The van der Waals surface area contributed by atoms with Crippen LogP contribution >= 0.6 is 0 Å². The highest BCUT2D eigenvalue weighted by atomic mass is 19.4. The Balaban J connectivity index is 3.43. The summed E-state index contributed by atoms with van der Waals surface area (Å²) in [5.74, 6) is -12.0. The van der Waals surface area contributed by atoms with Crippen molar-refractivity contribution in [3.8, 4) is 0 Å². The molecule has 1 aliphatic rings. The van der Waals surface area contributed by atoms with Crippen molar-refractivity contribution in [2.75, 3.05) is 0 Å². The Kier molecular flexibility index (Phi) is 7.64. The van der Waals surface area contributed by atoms with Crippen LogP contribution in [0.3, 0.4) is 0 Å². The van der Waals surface area contributed by atoms with Crippen molar-refractivity contribution in [2.24, 2.45) is 0 Å². The lowest BCUT2D eigenvalue weighted by molar-refractivity contribution is -0.433. The SMILES string of the molecule is FC(C(F)(F)F)C(F)(F)C1CCCC(C(F)(F)C(N(C(F)(F)F)C(F)(F)F)C(F)(F)F)O1. The Morgan fingerprint density at radius 2 is 0.969 bits per heavy atom. The molecule has 1 fully saturated rings. The summed E-state index contributed by atoms with van der Waals surface area (Å²) < 4.78 is 224. The van der Waals surface area contributed by atoms with Crippen molar-refractivity contribution in [1.82, 2.24) is 4.90 Å². The molecule has 4 unspecified atom stereocenters. The van der Waals surface area contributed by atoms with Gasteiger partial charge in [-0.2, -0.15) is 52.7 Å². The predicted octanol–water partition coefficient (Wildman–Crippen LogP) is 6.37. The second-order valence-electron chi connectivity index (χ2n) is 6.55. The second kappa shape index (κ2) is 8.50. The molecule has 4 atom stereocenters. The minimum absolute atomic E-state index is 1.16. The minimum Gasteiger partial charge on any atom is -0.362 e. The monoisotopic (exact) mass is 519 g/mol. The van der Waals surface area contributed by atoms with Crippen LogP contribution in [0.1, 0.15) is 19.3 Å². The Labute approximate surface area is 166 Å². The van der Waals surface area contributed by atoms with Crippen LogP contribution in [0.2, 0.25) is 0 Å². The average Bonchev–Trinajstić information content (AvgIpc) is 2.54. The quantitative estimate of drug-likeness (QED) is 0.310. The lowest BCUT2D eigenvalue weighted by Crippen LogP contribution is -2.69. The number of rotatable bonds is 5. The van der Waals surface area contributed by atoms with Crippen LogP contribution in [0.5, 0.6) is 0 Å². The van der Waals surface area contributed by atoms with Gasteiger partial charge in [0.25, 0.3) is 12.1 Å². The number of ether oxygens (including phenoxy) is 1. The van der Waals surface area contributed by atoms with E-state index in [1.165, 1.54) is 0 Å². The molecule has 0 aromatic heterocycles. The van der Waals surface area contributed by atoms with Gasteiger partial charge in [0.2, 0.25) is 0 Å². The summed E-state index contributed by atoms with van der Waals surface area (Å²) >= 11 is 0. The fourth-order valence-corrected chi connectivity index (χ4v) is 2.92. The normalized spacial score (nSPS) is 24.6. The van der Waals surface area contributed by atoms with E-state index in [-0.39, 0.29) is 0 Å². The number of nitrogens with zero attached hydrogens (tertiary/aromatic N) is 1. The zero-order valence-corrected chi connectivity index (χ0v) is 14.7. The van der Waals surface area contributed by atoms with Gasteiger partial charge >= 0.3 is 30.9 Å². The maximum absolute atomic E-state index is 14.3. The molecule has 0 saturated carbocycles.